The fraction of sp³-hybridized carbons (Fsp3) is 0.227. The molecule has 3 N–H and O–H groups in total. The van der Waals surface area contributed by atoms with Crippen molar-refractivity contribution >= 4 is 35.0 Å². The van der Waals surface area contributed by atoms with Crippen molar-refractivity contribution in [3.8, 4) is 17.0 Å². The average Bonchev–Trinajstić information content (AvgIpc) is 2.74. The van der Waals surface area contributed by atoms with Gasteiger partial charge in [-0.15, -0.1) is 10.2 Å². The summed E-state index contributed by atoms with van der Waals surface area (Å²) in [4.78, 5) is 39.2. The molecule has 3 aromatic rings. The molecule has 0 saturated heterocycles. The van der Waals surface area contributed by atoms with Crippen LogP contribution in [0.3, 0.4) is 0 Å². The van der Waals surface area contributed by atoms with E-state index in [1.54, 1.807) is 37.4 Å². The van der Waals surface area contributed by atoms with Crippen molar-refractivity contribution in [2.45, 2.75) is 25.9 Å². The Morgan fingerprint density at radius 2 is 1.81 bits per heavy atom. The summed E-state index contributed by atoms with van der Waals surface area (Å²) >= 11 is 1.06. The van der Waals surface area contributed by atoms with Crippen molar-refractivity contribution in [3.63, 3.8) is 0 Å². The van der Waals surface area contributed by atoms with E-state index in [0.29, 0.717) is 22.7 Å². The quantitative estimate of drug-likeness (QED) is 0.469. The van der Waals surface area contributed by atoms with Gasteiger partial charge in [0, 0.05) is 18.2 Å². The summed E-state index contributed by atoms with van der Waals surface area (Å²) in [5.74, 6) is 0.221. The molecule has 0 aliphatic heterocycles. The number of H-pyrrole nitrogens is 1. The number of hydrogen-bond donors (Lipinski definition) is 3. The van der Waals surface area contributed by atoms with Gasteiger partial charge >= 0.3 is 0 Å². The van der Waals surface area contributed by atoms with Gasteiger partial charge in [-0.3, -0.25) is 19.4 Å². The summed E-state index contributed by atoms with van der Waals surface area (Å²) in [6.07, 6.45) is 0. The highest BCUT2D eigenvalue weighted by Crippen LogP contribution is 2.29. The van der Waals surface area contributed by atoms with Gasteiger partial charge in [0.25, 0.3) is 5.56 Å². The lowest BCUT2D eigenvalue weighted by Gasteiger charge is -2.13. The van der Waals surface area contributed by atoms with Crippen LogP contribution in [0.2, 0.25) is 0 Å². The molecule has 0 unspecified atom stereocenters. The van der Waals surface area contributed by atoms with Crippen molar-refractivity contribution in [2.75, 3.05) is 23.5 Å². The first-order valence-electron chi connectivity index (χ1n) is 9.69. The van der Waals surface area contributed by atoms with E-state index in [0.717, 1.165) is 22.9 Å². The number of rotatable bonds is 7. The lowest BCUT2D eigenvalue weighted by molar-refractivity contribution is -0.114. The Morgan fingerprint density at radius 3 is 2.44 bits per heavy atom. The third-order valence-electron chi connectivity index (χ3n) is 4.43. The number of carbonyl (C=O) groups excluding carboxylic acids is 2. The molecular formula is C22H23N5O4S. The number of benzene rings is 2. The highest BCUT2D eigenvalue weighted by Gasteiger charge is 2.16. The Balaban J connectivity index is 1.74. The van der Waals surface area contributed by atoms with Gasteiger partial charge in [0.1, 0.15) is 5.75 Å². The van der Waals surface area contributed by atoms with E-state index < -0.39 is 5.56 Å². The van der Waals surface area contributed by atoms with E-state index in [9.17, 15) is 14.4 Å². The summed E-state index contributed by atoms with van der Waals surface area (Å²) in [6.45, 7) is 5.13. The monoisotopic (exact) mass is 453 g/mol. The number of aromatic amines is 1. The molecule has 3 rings (SSSR count). The predicted molar refractivity (Wildman–Crippen MR) is 124 cm³/mol. The van der Waals surface area contributed by atoms with Crippen molar-refractivity contribution in [2.24, 2.45) is 0 Å². The van der Waals surface area contributed by atoms with E-state index in [-0.39, 0.29) is 28.4 Å². The van der Waals surface area contributed by atoms with Crippen molar-refractivity contribution in [3.05, 3.63) is 57.9 Å². The number of aryl methyl sites for hydroxylation is 2. The number of ether oxygens (including phenoxy) is 1. The number of anilines is 2. The van der Waals surface area contributed by atoms with Gasteiger partial charge in [-0.05, 0) is 49.7 Å². The topological polar surface area (TPSA) is 126 Å². The zero-order valence-corrected chi connectivity index (χ0v) is 18.9. The van der Waals surface area contributed by atoms with E-state index in [1.807, 2.05) is 19.9 Å². The maximum atomic E-state index is 12.7. The number of hydrogen-bond acceptors (Lipinski definition) is 7. The first-order valence-corrected chi connectivity index (χ1v) is 10.7. The highest BCUT2D eigenvalue weighted by molar-refractivity contribution is 7.99. The second kappa shape index (κ2) is 10.1. The molecule has 1 heterocycles. The second-order valence-electron chi connectivity index (χ2n) is 7.06. The normalized spacial score (nSPS) is 10.5. The number of amides is 2. The van der Waals surface area contributed by atoms with Crippen molar-refractivity contribution < 1.29 is 14.3 Å². The van der Waals surface area contributed by atoms with Crippen LogP contribution >= 0.6 is 11.8 Å². The van der Waals surface area contributed by atoms with Gasteiger partial charge < -0.3 is 15.4 Å². The molecule has 2 aromatic carbocycles. The van der Waals surface area contributed by atoms with Gasteiger partial charge in [-0.1, -0.05) is 23.4 Å². The zero-order chi connectivity index (χ0) is 23.3. The van der Waals surface area contributed by atoms with Gasteiger partial charge in [-0.25, -0.2) is 0 Å². The molecule has 0 bridgehead atoms. The molecule has 9 nitrogen and oxygen atoms in total. The lowest BCUT2D eigenvalue weighted by Crippen LogP contribution is -2.18. The van der Waals surface area contributed by atoms with Crippen LogP contribution in [0.1, 0.15) is 18.1 Å². The molecule has 166 valence electrons. The molecule has 0 fully saturated rings. The third kappa shape index (κ3) is 5.73. The molecule has 0 saturated carbocycles. The molecule has 2 amide bonds. The number of nitrogens with zero attached hydrogens (tertiary/aromatic N) is 2. The molecule has 32 heavy (non-hydrogen) atoms. The van der Waals surface area contributed by atoms with Crippen LogP contribution in [0.15, 0.2) is 46.3 Å². The number of aromatic nitrogens is 3. The molecule has 0 aliphatic carbocycles. The first kappa shape index (κ1) is 23.0. The summed E-state index contributed by atoms with van der Waals surface area (Å²) in [6, 6.07) is 10.6. The fourth-order valence-corrected chi connectivity index (χ4v) is 3.67. The van der Waals surface area contributed by atoms with Crippen LogP contribution in [-0.2, 0) is 9.59 Å². The highest BCUT2D eigenvalue weighted by atomic mass is 32.2. The third-order valence-corrected chi connectivity index (χ3v) is 5.29. The van der Waals surface area contributed by atoms with Crippen LogP contribution in [0.4, 0.5) is 11.4 Å². The Morgan fingerprint density at radius 1 is 1.09 bits per heavy atom. The molecule has 0 atom stereocenters. The molecule has 0 spiro atoms. The van der Waals surface area contributed by atoms with Crippen LogP contribution < -0.4 is 20.9 Å². The minimum atomic E-state index is -0.463. The van der Waals surface area contributed by atoms with Crippen molar-refractivity contribution in [1.29, 1.82) is 0 Å². The van der Waals surface area contributed by atoms with Crippen LogP contribution in [-0.4, -0.2) is 39.9 Å². The SMILES string of the molecule is COc1ccc(NC(=O)CSc2nnc(-c3cc(C)cc(C)c3NC(C)=O)c(=O)[nH]2)cc1. The molecular weight excluding hydrogens is 430 g/mol. The standard InChI is InChI=1S/C22H23N5O4S/c1-12-9-13(2)19(23-14(3)28)17(10-12)20-21(30)25-22(27-26-20)32-11-18(29)24-15-5-7-16(31-4)8-6-15/h5-10H,11H2,1-4H3,(H,23,28)(H,24,29)(H,25,27,30). The Bertz CT molecular complexity index is 1210. The Hall–Kier alpha value is -3.66. The minimum Gasteiger partial charge on any atom is -0.497 e. The first-order chi connectivity index (χ1) is 15.3. The molecule has 0 radical (unpaired) electrons. The van der Waals surface area contributed by atoms with Gasteiger partial charge in [0.05, 0.1) is 18.6 Å². The second-order valence-corrected chi connectivity index (χ2v) is 8.02. The minimum absolute atomic E-state index is 0.0384. The molecule has 10 heteroatoms. The van der Waals surface area contributed by atoms with Crippen LogP contribution in [0.5, 0.6) is 5.75 Å². The Kier molecular flexibility index (Phi) is 7.26. The summed E-state index contributed by atoms with van der Waals surface area (Å²) in [7, 11) is 1.57. The van der Waals surface area contributed by atoms with Crippen LogP contribution in [0, 0.1) is 13.8 Å². The van der Waals surface area contributed by atoms with Gasteiger partial charge in [0.15, 0.2) is 10.9 Å². The Labute approximate surface area is 189 Å². The largest absolute Gasteiger partial charge is 0.497 e. The molecule has 1 aromatic heterocycles. The summed E-state index contributed by atoms with van der Waals surface area (Å²) < 4.78 is 5.09. The van der Waals surface area contributed by atoms with E-state index in [4.69, 9.17) is 4.74 Å². The zero-order valence-electron chi connectivity index (χ0n) is 18.1. The number of carbonyl (C=O) groups is 2. The smallest absolute Gasteiger partial charge is 0.278 e. The van der Waals surface area contributed by atoms with Gasteiger partial charge in [-0.2, -0.15) is 0 Å². The van der Waals surface area contributed by atoms with E-state index in [1.165, 1.54) is 6.92 Å². The summed E-state index contributed by atoms with van der Waals surface area (Å²) in [5.41, 5.74) is 2.99. The van der Waals surface area contributed by atoms with Crippen LogP contribution in [0.25, 0.3) is 11.3 Å². The predicted octanol–water partition coefficient (Wildman–Crippen LogP) is 3.15. The van der Waals surface area contributed by atoms with Crippen molar-refractivity contribution in [1.82, 2.24) is 15.2 Å². The van der Waals surface area contributed by atoms with E-state index >= 15 is 0 Å². The lowest BCUT2D eigenvalue weighted by atomic mass is 10.0. The number of methoxy groups -OCH3 is 1. The maximum Gasteiger partial charge on any atom is 0.278 e. The molecule has 0 aliphatic rings. The fourth-order valence-electron chi connectivity index (χ4n) is 3.06. The number of nitrogens with one attached hydrogen (secondary N) is 3. The van der Waals surface area contributed by atoms with E-state index in [2.05, 4.69) is 25.8 Å². The summed E-state index contributed by atoms with van der Waals surface area (Å²) in [5, 5.41) is 13.8. The number of thioether (sulfide) groups is 1. The maximum absolute atomic E-state index is 12.7. The van der Waals surface area contributed by atoms with Gasteiger partial charge in [0.2, 0.25) is 11.8 Å². The average molecular weight is 454 g/mol.